The zero-order valence-corrected chi connectivity index (χ0v) is 13.6. The summed E-state index contributed by atoms with van der Waals surface area (Å²) < 4.78 is 1.02. The van der Waals surface area contributed by atoms with Crippen molar-refractivity contribution in [3.05, 3.63) is 27.7 Å². The van der Waals surface area contributed by atoms with Gasteiger partial charge < -0.3 is 10.4 Å². The number of H-pyrrole nitrogens is 1. The van der Waals surface area contributed by atoms with Gasteiger partial charge in [-0.3, -0.25) is 9.89 Å². The third kappa shape index (κ3) is 3.47. The van der Waals surface area contributed by atoms with Crippen LogP contribution in [-0.2, 0) is 0 Å². The first-order chi connectivity index (χ1) is 9.51. The number of aliphatic hydroxyl groups is 1. The second kappa shape index (κ2) is 6.51. The van der Waals surface area contributed by atoms with Gasteiger partial charge in [-0.25, -0.2) is 0 Å². The molecule has 1 unspecified atom stereocenters. The highest BCUT2D eigenvalue weighted by molar-refractivity contribution is 9.11. The number of amides is 1. The Labute approximate surface area is 129 Å². The van der Waals surface area contributed by atoms with Crippen molar-refractivity contribution < 1.29 is 9.90 Å². The van der Waals surface area contributed by atoms with Gasteiger partial charge in [-0.2, -0.15) is 5.10 Å². The van der Waals surface area contributed by atoms with E-state index in [9.17, 15) is 9.90 Å². The summed E-state index contributed by atoms with van der Waals surface area (Å²) in [6.45, 7) is 3.80. The lowest BCUT2D eigenvalue weighted by Crippen LogP contribution is -2.41. The van der Waals surface area contributed by atoms with E-state index < -0.39 is 0 Å². The number of nitrogens with one attached hydrogen (secondary N) is 2. The molecule has 0 aliphatic heterocycles. The zero-order valence-electron chi connectivity index (χ0n) is 11.2. The van der Waals surface area contributed by atoms with Crippen molar-refractivity contribution in [3.63, 3.8) is 0 Å². The molecule has 5 nitrogen and oxygen atoms in total. The highest BCUT2D eigenvalue weighted by Crippen LogP contribution is 2.30. The standard InChI is InChI=1S/C13H16BrN3O2S/c1-7(2)10(6-18)15-13(19)9-5-8(16-17-9)11-3-4-12(14)20-11/h3-5,7,10,18H,6H2,1-2H3,(H,15,19)(H,16,17). The monoisotopic (exact) mass is 357 g/mol. The molecule has 0 aliphatic carbocycles. The lowest BCUT2D eigenvalue weighted by atomic mass is 10.1. The number of aliphatic hydroxyl groups excluding tert-OH is 1. The summed E-state index contributed by atoms with van der Waals surface area (Å²) in [5, 5.41) is 18.9. The summed E-state index contributed by atoms with van der Waals surface area (Å²) in [4.78, 5) is 13.1. The van der Waals surface area contributed by atoms with Crippen LogP contribution < -0.4 is 5.32 Å². The van der Waals surface area contributed by atoms with E-state index in [0.29, 0.717) is 5.69 Å². The van der Waals surface area contributed by atoms with Crippen molar-refractivity contribution in [1.82, 2.24) is 15.5 Å². The van der Waals surface area contributed by atoms with Crippen molar-refractivity contribution >= 4 is 33.2 Å². The number of nitrogens with zero attached hydrogens (tertiary/aromatic N) is 1. The van der Waals surface area contributed by atoms with Crippen LogP contribution >= 0.6 is 27.3 Å². The largest absolute Gasteiger partial charge is 0.394 e. The Morgan fingerprint density at radius 1 is 1.55 bits per heavy atom. The maximum Gasteiger partial charge on any atom is 0.272 e. The Morgan fingerprint density at radius 2 is 2.30 bits per heavy atom. The molecule has 2 aromatic heterocycles. The Kier molecular flexibility index (Phi) is 4.95. The number of carbonyl (C=O) groups excluding carboxylic acids is 1. The van der Waals surface area contributed by atoms with Gasteiger partial charge in [0.2, 0.25) is 0 Å². The highest BCUT2D eigenvalue weighted by Gasteiger charge is 2.18. The minimum absolute atomic E-state index is 0.0848. The fraction of sp³-hybridized carbons (Fsp3) is 0.385. The molecule has 0 bridgehead atoms. The van der Waals surface area contributed by atoms with Gasteiger partial charge in [0.1, 0.15) is 0 Å². The third-order valence-corrected chi connectivity index (χ3v) is 4.62. The normalized spacial score (nSPS) is 12.7. The molecule has 3 N–H and O–H groups in total. The SMILES string of the molecule is CC(C)C(CO)NC(=O)c1cc(-c2ccc(Br)s2)[nH]n1. The van der Waals surface area contributed by atoms with Gasteiger partial charge in [0.15, 0.2) is 5.69 Å². The van der Waals surface area contributed by atoms with Crippen LogP contribution in [0.5, 0.6) is 0 Å². The average Bonchev–Trinajstić information content (AvgIpc) is 3.03. The number of rotatable bonds is 5. The van der Waals surface area contributed by atoms with E-state index in [2.05, 4.69) is 31.4 Å². The molecule has 0 saturated carbocycles. The Bertz CT molecular complexity index is 594. The number of carbonyl (C=O) groups is 1. The fourth-order valence-corrected chi connectivity index (χ4v) is 3.04. The van der Waals surface area contributed by atoms with Crippen LogP contribution in [-0.4, -0.2) is 33.9 Å². The summed E-state index contributed by atoms with van der Waals surface area (Å²) >= 11 is 4.96. The molecule has 0 aromatic carbocycles. The second-order valence-electron chi connectivity index (χ2n) is 4.78. The molecule has 0 aliphatic rings. The van der Waals surface area contributed by atoms with Crippen molar-refractivity contribution in [3.8, 4) is 10.6 Å². The van der Waals surface area contributed by atoms with E-state index in [-0.39, 0.29) is 24.5 Å². The quantitative estimate of drug-likeness (QED) is 0.769. The van der Waals surface area contributed by atoms with Crippen molar-refractivity contribution in [1.29, 1.82) is 0 Å². The molecule has 2 aromatic rings. The first-order valence-electron chi connectivity index (χ1n) is 6.24. The van der Waals surface area contributed by atoms with Crippen molar-refractivity contribution in [2.45, 2.75) is 19.9 Å². The molecular formula is C13H16BrN3O2S. The summed E-state index contributed by atoms with van der Waals surface area (Å²) in [7, 11) is 0. The fourth-order valence-electron chi connectivity index (χ4n) is 1.69. The number of hydrogen-bond acceptors (Lipinski definition) is 4. The number of halogens is 1. The van der Waals surface area contributed by atoms with E-state index in [4.69, 9.17) is 0 Å². The maximum atomic E-state index is 12.1. The minimum atomic E-state index is -0.282. The molecule has 0 radical (unpaired) electrons. The predicted octanol–water partition coefficient (Wildman–Crippen LogP) is 2.65. The highest BCUT2D eigenvalue weighted by atomic mass is 79.9. The molecular weight excluding hydrogens is 342 g/mol. The number of hydrogen-bond donors (Lipinski definition) is 3. The number of aromatic amines is 1. The average molecular weight is 358 g/mol. The van der Waals surface area contributed by atoms with E-state index in [1.165, 1.54) is 0 Å². The molecule has 2 rings (SSSR count). The molecule has 1 amide bonds. The van der Waals surface area contributed by atoms with Gasteiger partial charge >= 0.3 is 0 Å². The maximum absolute atomic E-state index is 12.1. The molecule has 0 spiro atoms. The predicted molar refractivity (Wildman–Crippen MR) is 82.8 cm³/mol. The number of aromatic nitrogens is 2. The van der Waals surface area contributed by atoms with Crippen LogP contribution in [0.25, 0.3) is 10.6 Å². The molecule has 0 fully saturated rings. The Hall–Kier alpha value is -1.18. The smallest absolute Gasteiger partial charge is 0.272 e. The van der Waals surface area contributed by atoms with Gasteiger partial charge in [0.25, 0.3) is 5.91 Å². The lowest BCUT2D eigenvalue weighted by Gasteiger charge is -2.18. The van der Waals surface area contributed by atoms with Gasteiger partial charge in [0, 0.05) is 0 Å². The molecule has 2 heterocycles. The van der Waals surface area contributed by atoms with Crippen LogP contribution in [0.4, 0.5) is 0 Å². The van der Waals surface area contributed by atoms with Gasteiger partial charge in [-0.15, -0.1) is 11.3 Å². The van der Waals surface area contributed by atoms with E-state index >= 15 is 0 Å². The minimum Gasteiger partial charge on any atom is -0.394 e. The van der Waals surface area contributed by atoms with Crippen molar-refractivity contribution in [2.24, 2.45) is 5.92 Å². The lowest BCUT2D eigenvalue weighted by molar-refractivity contribution is 0.0892. The van der Waals surface area contributed by atoms with E-state index in [1.54, 1.807) is 17.4 Å². The van der Waals surface area contributed by atoms with Crippen LogP contribution in [0.3, 0.4) is 0 Å². The summed E-state index contributed by atoms with van der Waals surface area (Å²) in [6.07, 6.45) is 0. The Morgan fingerprint density at radius 3 is 2.85 bits per heavy atom. The number of thiophene rings is 1. The van der Waals surface area contributed by atoms with Crippen LogP contribution in [0.1, 0.15) is 24.3 Å². The molecule has 20 heavy (non-hydrogen) atoms. The van der Waals surface area contributed by atoms with Crippen molar-refractivity contribution in [2.75, 3.05) is 6.61 Å². The second-order valence-corrected chi connectivity index (χ2v) is 7.24. The molecule has 7 heteroatoms. The molecule has 1 atom stereocenters. The first-order valence-corrected chi connectivity index (χ1v) is 7.85. The van der Waals surface area contributed by atoms with Gasteiger partial charge in [0.05, 0.1) is 27.0 Å². The molecule has 108 valence electrons. The Balaban J connectivity index is 2.10. The van der Waals surface area contributed by atoms with Crippen LogP contribution in [0.2, 0.25) is 0 Å². The summed E-state index contributed by atoms with van der Waals surface area (Å²) in [5.74, 6) is -0.119. The van der Waals surface area contributed by atoms with E-state index in [0.717, 1.165) is 14.4 Å². The first kappa shape index (κ1) is 15.2. The summed E-state index contributed by atoms with van der Waals surface area (Å²) in [6, 6.07) is 5.34. The third-order valence-electron chi connectivity index (χ3n) is 2.97. The van der Waals surface area contributed by atoms with E-state index in [1.807, 2.05) is 26.0 Å². The zero-order chi connectivity index (χ0) is 14.7. The van der Waals surface area contributed by atoms with Crippen LogP contribution in [0.15, 0.2) is 22.0 Å². The summed E-state index contributed by atoms with van der Waals surface area (Å²) in [5.41, 5.74) is 1.12. The van der Waals surface area contributed by atoms with Gasteiger partial charge in [-0.05, 0) is 40.0 Å². The van der Waals surface area contributed by atoms with Gasteiger partial charge in [-0.1, -0.05) is 13.8 Å². The molecule has 0 saturated heterocycles. The topological polar surface area (TPSA) is 78.0 Å². The van der Waals surface area contributed by atoms with Crippen LogP contribution in [0, 0.1) is 5.92 Å².